The van der Waals surface area contributed by atoms with Gasteiger partial charge in [0.2, 0.25) is 0 Å². The average Bonchev–Trinajstić information content (AvgIpc) is 1.97. The number of hydrogen-bond donors (Lipinski definition) is 1. The highest BCUT2D eigenvalue weighted by Gasteiger charge is 2.07. The van der Waals surface area contributed by atoms with Gasteiger partial charge in [0.1, 0.15) is 0 Å². The second kappa shape index (κ2) is 11.8. The molecule has 0 saturated heterocycles. The maximum Gasteiger partial charge on any atom is 0.0506 e. The van der Waals surface area contributed by atoms with Crippen LogP contribution in [0.1, 0.15) is 54.9 Å². The normalized spacial score (nSPS) is 10.9. The van der Waals surface area contributed by atoms with Crippen LogP contribution in [0, 0.1) is 5.41 Å². The van der Waals surface area contributed by atoms with Crippen molar-refractivity contribution in [1.29, 1.82) is 0 Å². The standard InChI is InChI=1S/C6H15N.C6H15OP.H2O/c1-5(2)7-6(3)4;1-6(2,3)4-5-7-8;/h5-7H,1-4H3;4-5,8H2,1-3H3;1H2. The highest BCUT2D eigenvalue weighted by atomic mass is 31.0. The average molecular weight is 253 g/mol. The van der Waals surface area contributed by atoms with Crippen LogP contribution in [0.4, 0.5) is 0 Å². The van der Waals surface area contributed by atoms with Crippen molar-refractivity contribution in [2.75, 3.05) is 6.61 Å². The summed E-state index contributed by atoms with van der Waals surface area (Å²) in [7, 11) is 2.26. The zero-order valence-electron chi connectivity index (χ0n) is 12.1. The molecule has 0 aliphatic carbocycles. The van der Waals surface area contributed by atoms with Gasteiger partial charge in [0.25, 0.3) is 0 Å². The van der Waals surface area contributed by atoms with E-state index >= 15 is 0 Å². The second-order valence-corrected chi connectivity index (χ2v) is 5.99. The molecule has 3 N–H and O–H groups in total. The molecule has 1 unspecified atom stereocenters. The summed E-state index contributed by atoms with van der Waals surface area (Å²) in [6.07, 6.45) is 1.12. The molecule has 16 heavy (non-hydrogen) atoms. The van der Waals surface area contributed by atoms with E-state index in [1.165, 1.54) is 0 Å². The molecule has 0 fully saturated rings. The van der Waals surface area contributed by atoms with Gasteiger partial charge in [-0.3, -0.25) is 0 Å². The van der Waals surface area contributed by atoms with Crippen LogP contribution in [0.3, 0.4) is 0 Å². The molecule has 102 valence electrons. The van der Waals surface area contributed by atoms with Gasteiger partial charge in [-0.05, 0) is 11.8 Å². The Labute approximate surface area is 104 Å². The van der Waals surface area contributed by atoms with Crippen LogP contribution < -0.4 is 5.32 Å². The first-order chi connectivity index (χ1) is 6.69. The monoisotopic (exact) mass is 253 g/mol. The first-order valence-electron chi connectivity index (χ1n) is 5.76. The minimum atomic E-state index is 0. The Morgan fingerprint density at radius 2 is 1.44 bits per heavy atom. The molecule has 0 aromatic rings. The van der Waals surface area contributed by atoms with Crippen molar-refractivity contribution in [2.45, 2.75) is 67.0 Å². The quantitative estimate of drug-likeness (QED) is 0.783. The van der Waals surface area contributed by atoms with Gasteiger partial charge >= 0.3 is 0 Å². The molecule has 0 heterocycles. The lowest BCUT2D eigenvalue weighted by Gasteiger charge is -2.16. The van der Waals surface area contributed by atoms with Gasteiger partial charge in [-0.25, -0.2) is 0 Å². The fourth-order valence-electron chi connectivity index (χ4n) is 1.03. The largest absolute Gasteiger partial charge is 0.412 e. The van der Waals surface area contributed by atoms with Gasteiger partial charge in [0.15, 0.2) is 0 Å². The van der Waals surface area contributed by atoms with Gasteiger partial charge < -0.3 is 15.3 Å². The molecule has 0 saturated carbocycles. The van der Waals surface area contributed by atoms with E-state index in [9.17, 15) is 0 Å². The van der Waals surface area contributed by atoms with Crippen molar-refractivity contribution in [3.63, 3.8) is 0 Å². The summed E-state index contributed by atoms with van der Waals surface area (Å²) in [5.74, 6) is 0. The van der Waals surface area contributed by atoms with Crippen molar-refractivity contribution in [3.05, 3.63) is 0 Å². The predicted octanol–water partition coefficient (Wildman–Crippen LogP) is 2.80. The van der Waals surface area contributed by atoms with Gasteiger partial charge in [0.05, 0.1) is 6.61 Å². The fourth-order valence-corrected chi connectivity index (χ4v) is 1.15. The van der Waals surface area contributed by atoms with Crippen LogP contribution in [-0.4, -0.2) is 24.2 Å². The molecule has 1 atom stereocenters. The Morgan fingerprint density at radius 3 is 1.50 bits per heavy atom. The van der Waals surface area contributed by atoms with Gasteiger partial charge in [-0.15, -0.1) is 0 Å². The van der Waals surface area contributed by atoms with Crippen LogP contribution in [0.2, 0.25) is 0 Å². The third-order valence-electron chi connectivity index (χ3n) is 1.64. The predicted molar refractivity (Wildman–Crippen MR) is 76.8 cm³/mol. The molecule has 0 bridgehead atoms. The van der Waals surface area contributed by atoms with E-state index in [1.54, 1.807) is 0 Å². The zero-order valence-corrected chi connectivity index (χ0v) is 13.2. The SMILES string of the molecule is CC(C)(C)CCOP.CC(C)NC(C)C.O. The van der Waals surface area contributed by atoms with Gasteiger partial charge in [0, 0.05) is 21.6 Å². The van der Waals surface area contributed by atoms with E-state index in [0.29, 0.717) is 17.5 Å². The Bertz CT molecular complexity index is 127. The number of nitrogens with one attached hydrogen (secondary N) is 1. The third kappa shape index (κ3) is 29.2. The molecule has 0 aromatic heterocycles. The van der Waals surface area contributed by atoms with Crippen molar-refractivity contribution in [1.82, 2.24) is 5.32 Å². The summed E-state index contributed by atoms with van der Waals surface area (Å²) in [5.41, 5.74) is 0.413. The molecular formula is C12H32NO2P. The highest BCUT2D eigenvalue weighted by molar-refractivity contribution is 7.09. The lowest BCUT2D eigenvalue weighted by atomic mass is 9.93. The molecule has 0 aromatic carbocycles. The highest BCUT2D eigenvalue weighted by Crippen LogP contribution is 2.18. The van der Waals surface area contributed by atoms with Crippen molar-refractivity contribution in [3.8, 4) is 0 Å². The van der Waals surface area contributed by atoms with E-state index < -0.39 is 0 Å². The Balaban J connectivity index is -0.000000200. The van der Waals surface area contributed by atoms with E-state index in [-0.39, 0.29) is 5.48 Å². The van der Waals surface area contributed by atoms with Gasteiger partial charge in [-0.2, -0.15) is 0 Å². The summed E-state index contributed by atoms with van der Waals surface area (Å²) < 4.78 is 4.83. The summed E-state index contributed by atoms with van der Waals surface area (Å²) in [5, 5.41) is 3.31. The molecule has 0 rings (SSSR count). The summed E-state index contributed by atoms with van der Waals surface area (Å²) >= 11 is 0. The van der Waals surface area contributed by atoms with Gasteiger partial charge in [-0.1, -0.05) is 48.5 Å². The molecule has 0 radical (unpaired) electrons. The maximum absolute atomic E-state index is 4.83. The van der Waals surface area contributed by atoms with Crippen molar-refractivity contribution < 1.29 is 10.00 Å². The molecule has 4 heteroatoms. The lowest BCUT2D eigenvalue weighted by Crippen LogP contribution is -2.29. The van der Waals surface area contributed by atoms with E-state index in [2.05, 4.69) is 63.2 Å². The molecule has 3 nitrogen and oxygen atoms in total. The molecule has 0 spiro atoms. The first kappa shape index (κ1) is 21.6. The Hall–Kier alpha value is 0.310. The molecule has 0 aliphatic rings. The van der Waals surface area contributed by atoms with E-state index in [0.717, 1.165) is 13.0 Å². The minimum absolute atomic E-state index is 0. The topological polar surface area (TPSA) is 52.8 Å². The van der Waals surface area contributed by atoms with E-state index in [4.69, 9.17) is 4.52 Å². The molecular weight excluding hydrogens is 221 g/mol. The Morgan fingerprint density at radius 1 is 1.06 bits per heavy atom. The minimum Gasteiger partial charge on any atom is -0.412 e. The Kier molecular flexibility index (Phi) is 15.9. The van der Waals surface area contributed by atoms with Crippen LogP contribution in [0.5, 0.6) is 0 Å². The summed E-state index contributed by atoms with van der Waals surface area (Å²) in [4.78, 5) is 0. The number of rotatable bonds is 4. The van der Waals surface area contributed by atoms with Crippen LogP contribution in [0.25, 0.3) is 0 Å². The summed E-state index contributed by atoms with van der Waals surface area (Å²) in [6, 6.07) is 1.25. The fraction of sp³-hybridized carbons (Fsp3) is 1.00. The van der Waals surface area contributed by atoms with Crippen molar-refractivity contribution in [2.24, 2.45) is 5.41 Å². The van der Waals surface area contributed by atoms with Crippen LogP contribution >= 0.6 is 9.47 Å². The van der Waals surface area contributed by atoms with Crippen molar-refractivity contribution >= 4 is 9.47 Å². The maximum atomic E-state index is 4.83. The lowest BCUT2D eigenvalue weighted by molar-refractivity contribution is 0.270. The van der Waals surface area contributed by atoms with Crippen LogP contribution in [0.15, 0.2) is 0 Å². The first-order valence-corrected chi connectivity index (χ1v) is 6.24. The third-order valence-corrected chi connectivity index (χ3v) is 1.87. The second-order valence-electron chi connectivity index (χ2n) is 5.66. The molecule has 0 amide bonds. The van der Waals surface area contributed by atoms with E-state index in [1.807, 2.05) is 0 Å². The zero-order chi connectivity index (χ0) is 12.5. The number of hydrogen-bond acceptors (Lipinski definition) is 2. The summed E-state index contributed by atoms with van der Waals surface area (Å²) in [6.45, 7) is 16.1. The van der Waals surface area contributed by atoms with Crippen LogP contribution in [-0.2, 0) is 4.52 Å². The smallest absolute Gasteiger partial charge is 0.0506 e. The molecule has 0 aliphatic heterocycles.